The number of aryl methyl sites for hydroxylation is 1. The van der Waals surface area contributed by atoms with Crippen molar-refractivity contribution in [1.29, 1.82) is 0 Å². The van der Waals surface area contributed by atoms with Crippen molar-refractivity contribution in [1.82, 2.24) is 0 Å². The lowest BCUT2D eigenvalue weighted by atomic mass is 9.98. The molecule has 0 aliphatic rings. The lowest BCUT2D eigenvalue weighted by Crippen LogP contribution is -2.10. The summed E-state index contributed by atoms with van der Waals surface area (Å²) >= 11 is 0. The van der Waals surface area contributed by atoms with E-state index in [1.54, 1.807) is 13.8 Å². The van der Waals surface area contributed by atoms with Gasteiger partial charge < -0.3 is 4.74 Å². The van der Waals surface area contributed by atoms with Gasteiger partial charge in [0.05, 0.1) is 12.7 Å². The number of hydrogen-bond donors (Lipinski definition) is 0. The molecule has 0 spiro atoms. The predicted molar refractivity (Wildman–Crippen MR) is 52.2 cm³/mol. The second-order valence-electron chi connectivity index (χ2n) is 3.52. The van der Waals surface area contributed by atoms with Gasteiger partial charge in [0.2, 0.25) is 0 Å². The second-order valence-corrected chi connectivity index (χ2v) is 3.52. The fourth-order valence-corrected chi connectivity index (χ4v) is 1.67. The molecule has 0 aliphatic heterocycles. The fourth-order valence-electron chi connectivity index (χ4n) is 1.67. The van der Waals surface area contributed by atoms with E-state index in [9.17, 15) is 13.2 Å². The SMILES string of the molecule is COc1c(C)cc(C(F)(F)F)c(C)c1C. The van der Waals surface area contributed by atoms with Crippen LogP contribution in [0.1, 0.15) is 22.3 Å². The van der Waals surface area contributed by atoms with Gasteiger partial charge in [-0.05, 0) is 43.5 Å². The Morgan fingerprint density at radius 1 is 1.07 bits per heavy atom. The first-order chi connectivity index (χ1) is 6.79. The van der Waals surface area contributed by atoms with Crippen molar-refractivity contribution in [2.45, 2.75) is 26.9 Å². The summed E-state index contributed by atoms with van der Waals surface area (Å²) < 4.78 is 42.9. The molecular formula is C11H13F3O. The molecule has 1 aromatic rings. The molecule has 1 aromatic carbocycles. The van der Waals surface area contributed by atoms with Crippen LogP contribution in [0.3, 0.4) is 0 Å². The van der Waals surface area contributed by atoms with E-state index in [2.05, 4.69) is 0 Å². The molecule has 0 N–H and O–H groups in total. The van der Waals surface area contributed by atoms with Gasteiger partial charge >= 0.3 is 6.18 Å². The van der Waals surface area contributed by atoms with Crippen LogP contribution in [0.2, 0.25) is 0 Å². The molecule has 0 bridgehead atoms. The van der Waals surface area contributed by atoms with Crippen LogP contribution in [0.5, 0.6) is 5.75 Å². The maximum Gasteiger partial charge on any atom is 0.416 e. The average molecular weight is 218 g/mol. The molecule has 15 heavy (non-hydrogen) atoms. The van der Waals surface area contributed by atoms with Gasteiger partial charge in [0.25, 0.3) is 0 Å². The van der Waals surface area contributed by atoms with Crippen LogP contribution < -0.4 is 4.74 Å². The first-order valence-corrected chi connectivity index (χ1v) is 4.51. The molecule has 0 radical (unpaired) electrons. The number of ether oxygens (including phenoxy) is 1. The van der Waals surface area contributed by atoms with E-state index < -0.39 is 11.7 Å². The summed E-state index contributed by atoms with van der Waals surface area (Å²) in [5.41, 5.74) is 0.695. The molecule has 1 rings (SSSR count). The van der Waals surface area contributed by atoms with E-state index in [0.717, 1.165) is 6.07 Å². The zero-order valence-electron chi connectivity index (χ0n) is 9.12. The number of alkyl halides is 3. The van der Waals surface area contributed by atoms with Crippen LogP contribution in [0.4, 0.5) is 13.2 Å². The van der Waals surface area contributed by atoms with Gasteiger partial charge in [-0.1, -0.05) is 0 Å². The molecule has 0 unspecified atom stereocenters. The first-order valence-electron chi connectivity index (χ1n) is 4.51. The van der Waals surface area contributed by atoms with Gasteiger partial charge in [-0.25, -0.2) is 0 Å². The molecule has 0 aliphatic carbocycles. The van der Waals surface area contributed by atoms with Crippen LogP contribution in [0.15, 0.2) is 6.07 Å². The van der Waals surface area contributed by atoms with Crippen molar-refractivity contribution >= 4 is 0 Å². The van der Waals surface area contributed by atoms with Gasteiger partial charge in [0.15, 0.2) is 0 Å². The highest BCUT2D eigenvalue weighted by Crippen LogP contribution is 2.37. The summed E-state index contributed by atoms with van der Waals surface area (Å²) in [6.45, 7) is 4.71. The average Bonchev–Trinajstić information content (AvgIpc) is 2.10. The molecule has 0 atom stereocenters. The molecule has 0 aromatic heterocycles. The Balaban J connectivity index is 3.48. The van der Waals surface area contributed by atoms with Crippen LogP contribution in [-0.4, -0.2) is 7.11 Å². The van der Waals surface area contributed by atoms with E-state index in [4.69, 9.17) is 4.74 Å². The maximum absolute atomic E-state index is 12.6. The van der Waals surface area contributed by atoms with Crippen LogP contribution in [0.25, 0.3) is 0 Å². The van der Waals surface area contributed by atoms with E-state index in [1.807, 2.05) is 0 Å². The van der Waals surface area contributed by atoms with Gasteiger partial charge in [0, 0.05) is 0 Å². The molecule has 0 saturated heterocycles. The minimum atomic E-state index is -4.30. The summed E-state index contributed by atoms with van der Waals surface area (Å²) in [7, 11) is 1.46. The van der Waals surface area contributed by atoms with Crippen molar-refractivity contribution in [2.75, 3.05) is 7.11 Å². The molecule has 0 fully saturated rings. The van der Waals surface area contributed by atoms with Gasteiger partial charge in [-0.2, -0.15) is 13.2 Å². The van der Waals surface area contributed by atoms with Gasteiger partial charge in [-0.15, -0.1) is 0 Å². The first kappa shape index (κ1) is 11.9. The summed E-state index contributed by atoms with van der Waals surface area (Å²) in [5, 5.41) is 0. The quantitative estimate of drug-likeness (QED) is 0.699. The molecule has 4 heteroatoms. The maximum atomic E-state index is 12.6. The van der Waals surface area contributed by atoms with Crippen LogP contribution in [-0.2, 0) is 6.18 Å². The highest BCUT2D eigenvalue weighted by molar-refractivity contribution is 5.49. The molecule has 84 valence electrons. The Morgan fingerprint density at radius 2 is 1.60 bits per heavy atom. The van der Waals surface area contributed by atoms with Crippen molar-refractivity contribution in [3.05, 3.63) is 28.3 Å². The van der Waals surface area contributed by atoms with Crippen molar-refractivity contribution in [3.8, 4) is 5.75 Å². The summed E-state index contributed by atoms with van der Waals surface area (Å²) in [6, 6.07) is 1.13. The summed E-state index contributed by atoms with van der Waals surface area (Å²) in [5.74, 6) is 0.528. The molecular weight excluding hydrogens is 205 g/mol. The zero-order chi connectivity index (χ0) is 11.8. The Labute approximate surface area is 86.9 Å². The third kappa shape index (κ3) is 2.08. The standard InChI is InChI=1S/C11H13F3O/c1-6-5-9(11(12,13)14)7(2)8(3)10(6)15-4/h5H,1-4H3. The third-order valence-electron chi connectivity index (χ3n) is 2.54. The zero-order valence-corrected chi connectivity index (χ0v) is 9.12. The minimum absolute atomic E-state index is 0.227. The Bertz CT molecular complexity index is 380. The predicted octanol–water partition coefficient (Wildman–Crippen LogP) is 3.64. The van der Waals surface area contributed by atoms with Crippen molar-refractivity contribution in [3.63, 3.8) is 0 Å². The lowest BCUT2D eigenvalue weighted by molar-refractivity contribution is -0.138. The van der Waals surface area contributed by atoms with Crippen LogP contribution >= 0.6 is 0 Å². The Morgan fingerprint density at radius 3 is 2.00 bits per heavy atom. The second kappa shape index (κ2) is 3.76. The number of benzene rings is 1. The van der Waals surface area contributed by atoms with E-state index >= 15 is 0 Å². The van der Waals surface area contributed by atoms with Gasteiger partial charge in [0.1, 0.15) is 5.75 Å². The number of rotatable bonds is 1. The van der Waals surface area contributed by atoms with Crippen molar-refractivity contribution in [2.24, 2.45) is 0 Å². The monoisotopic (exact) mass is 218 g/mol. The molecule has 0 heterocycles. The Kier molecular flexibility index (Phi) is 2.98. The van der Waals surface area contributed by atoms with Gasteiger partial charge in [-0.3, -0.25) is 0 Å². The number of methoxy groups -OCH3 is 1. The third-order valence-corrected chi connectivity index (χ3v) is 2.54. The number of halogens is 3. The van der Waals surface area contributed by atoms with Crippen LogP contribution in [0, 0.1) is 20.8 Å². The smallest absolute Gasteiger partial charge is 0.416 e. The minimum Gasteiger partial charge on any atom is -0.496 e. The normalized spacial score (nSPS) is 11.7. The highest BCUT2D eigenvalue weighted by Gasteiger charge is 2.33. The summed E-state index contributed by atoms with van der Waals surface area (Å²) in [4.78, 5) is 0. The highest BCUT2D eigenvalue weighted by atomic mass is 19.4. The molecule has 0 amide bonds. The van der Waals surface area contributed by atoms with E-state index in [-0.39, 0.29) is 5.56 Å². The summed E-state index contributed by atoms with van der Waals surface area (Å²) in [6.07, 6.45) is -4.30. The molecule has 0 saturated carbocycles. The van der Waals surface area contributed by atoms with E-state index in [1.165, 1.54) is 14.0 Å². The fraction of sp³-hybridized carbons (Fsp3) is 0.455. The number of hydrogen-bond acceptors (Lipinski definition) is 1. The Hall–Kier alpha value is -1.19. The largest absolute Gasteiger partial charge is 0.496 e. The lowest BCUT2D eigenvalue weighted by Gasteiger charge is -2.17. The topological polar surface area (TPSA) is 9.23 Å². The molecule has 1 nitrogen and oxygen atoms in total. The van der Waals surface area contributed by atoms with E-state index in [0.29, 0.717) is 16.9 Å². The van der Waals surface area contributed by atoms with Crippen molar-refractivity contribution < 1.29 is 17.9 Å².